The lowest BCUT2D eigenvalue weighted by atomic mass is 10.0. The van der Waals surface area contributed by atoms with Gasteiger partial charge in [0, 0.05) is 6.20 Å². The third kappa shape index (κ3) is 7.91. The molecule has 0 N–H and O–H groups in total. The maximum absolute atomic E-state index is 4.94. The van der Waals surface area contributed by atoms with Crippen molar-refractivity contribution in [1.82, 2.24) is 9.97 Å². The van der Waals surface area contributed by atoms with Gasteiger partial charge in [0.15, 0.2) is 0 Å². The second-order valence-corrected chi connectivity index (χ2v) is 7.47. The van der Waals surface area contributed by atoms with Gasteiger partial charge in [0.2, 0.25) is 0 Å². The molecule has 0 atom stereocenters. The quantitative estimate of drug-likeness (QED) is 0.484. The summed E-state index contributed by atoms with van der Waals surface area (Å²) in [6, 6.07) is 0. The van der Waals surface area contributed by atoms with Gasteiger partial charge >= 0.3 is 0 Å². The fourth-order valence-electron chi connectivity index (χ4n) is 2.84. The van der Waals surface area contributed by atoms with E-state index < -0.39 is 0 Å². The molecule has 22 heavy (non-hydrogen) atoms. The van der Waals surface area contributed by atoms with E-state index in [0.29, 0.717) is 11.8 Å². The molecule has 0 bridgehead atoms. The van der Waals surface area contributed by atoms with Crippen molar-refractivity contribution >= 4 is 0 Å². The van der Waals surface area contributed by atoms with Crippen LogP contribution in [0.1, 0.15) is 90.2 Å². The topological polar surface area (TPSA) is 25.8 Å². The van der Waals surface area contributed by atoms with Crippen molar-refractivity contribution < 1.29 is 0 Å². The molecule has 1 rings (SSSR count). The van der Waals surface area contributed by atoms with Crippen molar-refractivity contribution in [3.63, 3.8) is 0 Å². The lowest BCUT2D eigenvalue weighted by Gasteiger charge is -2.13. The van der Waals surface area contributed by atoms with Crippen molar-refractivity contribution in [1.29, 1.82) is 0 Å². The first kappa shape index (κ1) is 19.1. The van der Waals surface area contributed by atoms with Crippen molar-refractivity contribution in [2.24, 2.45) is 11.8 Å². The van der Waals surface area contributed by atoms with Crippen molar-refractivity contribution in [2.75, 3.05) is 0 Å². The van der Waals surface area contributed by atoms with E-state index in [-0.39, 0.29) is 0 Å². The molecule has 0 aliphatic rings. The third-order valence-electron chi connectivity index (χ3n) is 3.97. The summed E-state index contributed by atoms with van der Waals surface area (Å²) >= 11 is 0. The van der Waals surface area contributed by atoms with Gasteiger partial charge in [0.1, 0.15) is 0 Å². The molecule has 0 amide bonds. The highest BCUT2D eigenvalue weighted by molar-refractivity contribution is 5.15. The number of rotatable bonds is 11. The van der Waals surface area contributed by atoms with Crippen LogP contribution in [0.15, 0.2) is 6.20 Å². The summed E-state index contributed by atoms with van der Waals surface area (Å²) in [7, 11) is 0. The zero-order valence-corrected chi connectivity index (χ0v) is 15.5. The van der Waals surface area contributed by atoms with Crippen molar-refractivity contribution in [3.05, 3.63) is 23.3 Å². The maximum Gasteiger partial charge on any atom is 0.0622 e. The number of aryl methyl sites for hydroxylation is 1. The summed E-state index contributed by atoms with van der Waals surface area (Å²) in [5.41, 5.74) is 3.67. The smallest absolute Gasteiger partial charge is 0.0622 e. The molecule has 0 fully saturated rings. The Morgan fingerprint density at radius 3 is 2.09 bits per heavy atom. The van der Waals surface area contributed by atoms with Crippen molar-refractivity contribution in [2.45, 2.75) is 92.4 Å². The third-order valence-corrected chi connectivity index (χ3v) is 3.97. The highest BCUT2D eigenvalue weighted by atomic mass is 14.8. The first-order chi connectivity index (χ1) is 10.5. The van der Waals surface area contributed by atoms with E-state index in [9.17, 15) is 0 Å². The van der Waals surface area contributed by atoms with Gasteiger partial charge in [0.25, 0.3) is 0 Å². The predicted molar refractivity (Wildman–Crippen MR) is 96.2 cm³/mol. The molecule has 1 heterocycles. The molecule has 0 aliphatic heterocycles. The van der Waals surface area contributed by atoms with Crippen molar-refractivity contribution in [3.8, 4) is 0 Å². The standard InChI is InChI=1S/C20H36N2/c1-6-7-8-9-10-11-12-19-20(14-17(4)5)21-15-18(22-19)13-16(2)3/h15-17H,6-14H2,1-5H3. The molecule has 0 unspecified atom stereocenters. The summed E-state index contributed by atoms with van der Waals surface area (Å²) in [5.74, 6) is 1.29. The first-order valence-electron chi connectivity index (χ1n) is 9.36. The Labute approximate surface area is 138 Å². The molecule has 0 saturated carbocycles. The molecule has 0 radical (unpaired) electrons. The number of unbranched alkanes of at least 4 members (excludes halogenated alkanes) is 5. The van der Waals surface area contributed by atoms with E-state index in [2.05, 4.69) is 34.6 Å². The van der Waals surface area contributed by atoms with Crippen LogP contribution in [-0.4, -0.2) is 9.97 Å². The van der Waals surface area contributed by atoms with Crippen LogP contribution in [0.2, 0.25) is 0 Å². The SMILES string of the molecule is CCCCCCCCc1nc(CC(C)C)cnc1CC(C)C. The highest BCUT2D eigenvalue weighted by Crippen LogP contribution is 2.16. The van der Waals surface area contributed by atoms with E-state index in [1.54, 1.807) is 0 Å². The minimum atomic E-state index is 0.646. The van der Waals surface area contributed by atoms with Crippen LogP contribution in [0.25, 0.3) is 0 Å². The van der Waals surface area contributed by atoms with Gasteiger partial charge in [0.05, 0.1) is 17.1 Å². The zero-order chi connectivity index (χ0) is 16.4. The monoisotopic (exact) mass is 304 g/mol. The van der Waals surface area contributed by atoms with Crippen LogP contribution in [0, 0.1) is 11.8 Å². The molecule has 0 spiro atoms. The Kier molecular flexibility index (Phi) is 9.34. The molecule has 2 nitrogen and oxygen atoms in total. The van der Waals surface area contributed by atoms with Gasteiger partial charge in [-0.1, -0.05) is 66.7 Å². The summed E-state index contributed by atoms with van der Waals surface area (Å²) in [6.07, 6.45) is 13.2. The molecule has 2 heteroatoms. The van der Waals surface area contributed by atoms with Crippen LogP contribution in [-0.2, 0) is 19.3 Å². The minimum Gasteiger partial charge on any atom is -0.257 e. The molecule has 1 aromatic heterocycles. The molecule has 0 aliphatic carbocycles. The van der Waals surface area contributed by atoms with E-state index in [4.69, 9.17) is 9.97 Å². The number of hydrogen-bond acceptors (Lipinski definition) is 2. The normalized spacial score (nSPS) is 11.6. The van der Waals surface area contributed by atoms with Gasteiger partial charge in [-0.3, -0.25) is 9.97 Å². The summed E-state index contributed by atoms with van der Waals surface area (Å²) < 4.78 is 0. The van der Waals surface area contributed by atoms with Gasteiger partial charge in [-0.15, -0.1) is 0 Å². The van der Waals surface area contributed by atoms with Crippen LogP contribution in [0.3, 0.4) is 0 Å². The summed E-state index contributed by atoms with van der Waals surface area (Å²) in [5, 5.41) is 0. The molecule has 0 saturated heterocycles. The van der Waals surface area contributed by atoms with Gasteiger partial charge in [-0.2, -0.15) is 0 Å². The summed E-state index contributed by atoms with van der Waals surface area (Å²) in [6.45, 7) is 11.3. The molecular weight excluding hydrogens is 268 g/mol. The molecule has 126 valence electrons. The largest absolute Gasteiger partial charge is 0.257 e. The summed E-state index contributed by atoms with van der Waals surface area (Å²) in [4.78, 5) is 9.68. The Morgan fingerprint density at radius 2 is 1.45 bits per heavy atom. The zero-order valence-electron chi connectivity index (χ0n) is 15.5. The number of nitrogens with zero attached hydrogens (tertiary/aromatic N) is 2. The van der Waals surface area contributed by atoms with E-state index in [1.165, 1.54) is 55.6 Å². The number of hydrogen-bond donors (Lipinski definition) is 0. The fraction of sp³-hybridized carbons (Fsp3) is 0.800. The van der Waals surface area contributed by atoms with E-state index in [0.717, 1.165) is 19.3 Å². The first-order valence-corrected chi connectivity index (χ1v) is 9.36. The van der Waals surface area contributed by atoms with Gasteiger partial charge in [-0.25, -0.2) is 0 Å². The van der Waals surface area contributed by atoms with Gasteiger partial charge in [-0.05, 0) is 37.5 Å². The Hall–Kier alpha value is -0.920. The molecule has 0 aromatic carbocycles. The molecular formula is C20H36N2. The van der Waals surface area contributed by atoms with E-state index in [1.807, 2.05) is 6.20 Å². The lowest BCUT2D eigenvalue weighted by molar-refractivity contribution is 0.584. The van der Waals surface area contributed by atoms with Crippen LogP contribution in [0.4, 0.5) is 0 Å². The second-order valence-electron chi connectivity index (χ2n) is 7.47. The van der Waals surface area contributed by atoms with Crippen LogP contribution >= 0.6 is 0 Å². The Bertz CT molecular complexity index is 410. The van der Waals surface area contributed by atoms with E-state index >= 15 is 0 Å². The average Bonchev–Trinajstić information content (AvgIpc) is 2.44. The lowest BCUT2D eigenvalue weighted by Crippen LogP contribution is -2.09. The second kappa shape index (κ2) is 10.7. The predicted octanol–water partition coefficient (Wildman–Crippen LogP) is 5.78. The van der Waals surface area contributed by atoms with Crippen LogP contribution in [0.5, 0.6) is 0 Å². The highest BCUT2D eigenvalue weighted by Gasteiger charge is 2.10. The maximum atomic E-state index is 4.94. The minimum absolute atomic E-state index is 0.646. The fourth-order valence-corrected chi connectivity index (χ4v) is 2.84. The Balaban J connectivity index is 2.61. The average molecular weight is 305 g/mol. The van der Waals surface area contributed by atoms with Crippen LogP contribution < -0.4 is 0 Å². The Morgan fingerprint density at radius 1 is 0.818 bits per heavy atom. The molecule has 1 aromatic rings. The van der Waals surface area contributed by atoms with Gasteiger partial charge < -0.3 is 0 Å². The number of aromatic nitrogens is 2.